The van der Waals surface area contributed by atoms with Crippen LogP contribution in [0.2, 0.25) is 0 Å². The number of fused-ring (bicyclic) bond motifs is 1. The van der Waals surface area contributed by atoms with Crippen molar-refractivity contribution < 1.29 is 14.7 Å². The van der Waals surface area contributed by atoms with E-state index in [0.29, 0.717) is 12.1 Å². The van der Waals surface area contributed by atoms with Crippen LogP contribution < -0.4 is 5.32 Å². The van der Waals surface area contributed by atoms with E-state index in [1.807, 2.05) is 45.9 Å². The maximum atomic E-state index is 12.7. The lowest BCUT2D eigenvalue weighted by molar-refractivity contribution is -0.128. The molecule has 2 amide bonds. The molecule has 1 aromatic rings. The number of hydrogen-bond donors (Lipinski definition) is 2. The van der Waals surface area contributed by atoms with E-state index in [-0.39, 0.29) is 36.3 Å². The fourth-order valence-corrected chi connectivity index (χ4v) is 3.00. The fourth-order valence-electron chi connectivity index (χ4n) is 3.00. The number of rotatable bonds is 6. The Morgan fingerprint density at radius 1 is 1.22 bits per heavy atom. The molecule has 126 valence electrons. The van der Waals surface area contributed by atoms with Gasteiger partial charge in [0.15, 0.2) is 0 Å². The Bertz CT molecular complexity index is 583. The number of amides is 2. The van der Waals surface area contributed by atoms with Crippen LogP contribution in [0.15, 0.2) is 24.3 Å². The first-order valence-corrected chi connectivity index (χ1v) is 8.17. The molecule has 5 nitrogen and oxygen atoms in total. The fraction of sp³-hybridized carbons (Fsp3) is 0.556. The van der Waals surface area contributed by atoms with Crippen LogP contribution in [0, 0.1) is 11.8 Å². The highest BCUT2D eigenvalue weighted by atomic mass is 16.3. The summed E-state index contributed by atoms with van der Waals surface area (Å²) in [5.74, 6) is -0.184. The van der Waals surface area contributed by atoms with E-state index in [4.69, 9.17) is 0 Å². The van der Waals surface area contributed by atoms with Crippen LogP contribution in [0.3, 0.4) is 0 Å². The molecule has 5 heteroatoms. The Labute approximate surface area is 137 Å². The molecule has 0 aliphatic carbocycles. The second-order valence-corrected chi connectivity index (χ2v) is 6.82. The molecular formula is C18H26N2O3. The number of carbonyl (C=O) groups excluding carboxylic acids is 2. The third-order valence-corrected chi connectivity index (χ3v) is 4.41. The smallest absolute Gasteiger partial charge is 0.255 e. The Kier molecular flexibility index (Phi) is 5.42. The Balaban J connectivity index is 2.20. The third-order valence-electron chi connectivity index (χ3n) is 4.41. The Hall–Kier alpha value is -1.88. The summed E-state index contributed by atoms with van der Waals surface area (Å²) in [5.41, 5.74) is 1.63. The van der Waals surface area contributed by atoms with E-state index in [2.05, 4.69) is 5.32 Å². The first-order valence-electron chi connectivity index (χ1n) is 8.17. The van der Waals surface area contributed by atoms with Crippen molar-refractivity contribution in [2.75, 3.05) is 6.61 Å². The van der Waals surface area contributed by atoms with E-state index in [9.17, 15) is 14.7 Å². The van der Waals surface area contributed by atoms with Gasteiger partial charge in [-0.25, -0.2) is 0 Å². The molecule has 0 fully saturated rings. The maximum Gasteiger partial charge on any atom is 0.255 e. The zero-order chi connectivity index (χ0) is 17.1. The molecule has 1 heterocycles. The minimum Gasteiger partial charge on any atom is -0.394 e. The Morgan fingerprint density at radius 3 is 2.39 bits per heavy atom. The lowest BCUT2D eigenvalue weighted by Crippen LogP contribution is -2.54. The lowest BCUT2D eigenvalue weighted by atomic mass is 9.99. The van der Waals surface area contributed by atoms with Gasteiger partial charge in [0.25, 0.3) is 5.91 Å². The van der Waals surface area contributed by atoms with Gasteiger partial charge in [0.05, 0.1) is 12.6 Å². The van der Waals surface area contributed by atoms with E-state index in [1.165, 1.54) is 0 Å². The molecule has 0 radical (unpaired) electrons. The third kappa shape index (κ3) is 3.55. The number of nitrogens with one attached hydrogen (secondary N) is 1. The SMILES string of the molecule is CC(C)[C@@H](CO)NC(=O)[C@@H](C(C)C)N1Cc2ccccc2C1=O. The van der Waals surface area contributed by atoms with Gasteiger partial charge in [-0.05, 0) is 23.5 Å². The second kappa shape index (κ2) is 7.13. The number of nitrogens with zero attached hydrogens (tertiary/aromatic N) is 1. The quantitative estimate of drug-likeness (QED) is 0.840. The molecule has 0 spiro atoms. The average molecular weight is 318 g/mol. The van der Waals surface area contributed by atoms with E-state index >= 15 is 0 Å². The highest BCUT2D eigenvalue weighted by Crippen LogP contribution is 2.27. The van der Waals surface area contributed by atoms with Crippen LogP contribution in [0.25, 0.3) is 0 Å². The molecule has 1 aliphatic rings. The van der Waals surface area contributed by atoms with Crippen molar-refractivity contribution in [1.29, 1.82) is 0 Å². The van der Waals surface area contributed by atoms with Gasteiger partial charge in [0.1, 0.15) is 6.04 Å². The molecule has 2 rings (SSSR count). The molecule has 0 aromatic heterocycles. The van der Waals surface area contributed by atoms with E-state index in [0.717, 1.165) is 5.56 Å². The van der Waals surface area contributed by atoms with Gasteiger partial charge in [0, 0.05) is 12.1 Å². The summed E-state index contributed by atoms with van der Waals surface area (Å²) in [5, 5.41) is 12.3. The van der Waals surface area contributed by atoms with Gasteiger partial charge in [-0.2, -0.15) is 0 Å². The predicted octanol–water partition coefficient (Wildman–Crippen LogP) is 1.80. The predicted molar refractivity (Wildman–Crippen MR) is 88.8 cm³/mol. The lowest BCUT2D eigenvalue weighted by Gasteiger charge is -2.32. The topological polar surface area (TPSA) is 69.6 Å². The van der Waals surface area contributed by atoms with Crippen LogP contribution >= 0.6 is 0 Å². The summed E-state index contributed by atoms with van der Waals surface area (Å²) in [6.07, 6.45) is 0. The second-order valence-electron chi connectivity index (χ2n) is 6.82. The van der Waals surface area contributed by atoms with Gasteiger partial charge < -0.3 is 15.3 Å². The average Bonchev–Trinajstić information content (AvgIpc) is 2.82. The molecular weight excluding hydrogens is 292 g/mol. The van der Waals surface area contributed by atoms with E-state index < -0.39 is 6.04 Å². The van der Waals surface area contributed by atoms with Crippen LogP contribution in [0.1, 0.15) is 43.6 Å². The highest BCUT2D eigenvalue weighted by molar-refractivity contribution is 6.01. The largest absolute Gasteiger partial charge is 0.394 e. The summed E-state index contributed by atoms with van der Waals surface area (Å²) < 4.78 is 0. The zero-order valence-electron chi connectivity index (χ0n) is 14.2. The van der Waals surface area contributed by atoms with Gasteiger partial charge >= 0.3 is 0 Å². The molecule has 2 N–H and O–H groups in total. The van der Waals surface area contributed by atoms with Gasteiger partial charge in [-0.3, -0.25) is 9.59 Å². The number of carbonyl (C=O) groups is 2. The van der Waals surface area contributed by atoms with Crippen LogP contribution in [0.4, 0.5) is 0 Å². The van der Waals surface area contributed by atoms with Crippen molar-refractivity contribution in [3.8, 4) is 0 Å². The molecule has 0 saturated carbocycles. The molecule has 0 unspecified atom stereocenters. The van der Waals surface area contributed by atoms with Crippen LogP contribution in [-0.2, 0) is 11.3 Å². The van der Waals surface area contributed by atoms with Crippen LogP contribution in [0.5, 0.6) is 0 Å². The van der Waals surface area contributed by atoms with Crippen molar-refractivity contribution in [2.24, 2.45) is 11.8 Å². The Morgan fingerprint density at radius 2 is 1.87 bits per heavy atom. The number of benzene rings is 1. The first kappa shape index (κ1) is 17.5. The monoisotopic (exact) mass is 318 g/mol. The summed E-state index contributed by atoms with van der Waals surface area (Å²) in [6, 6.07) is 6.63. The van der Waals surface area contributed by atoms with Gasteiger partial charge in [-0.15, -0.1) is 0 Å². The molecule has 0 saturated heterocycles. The first-order chi connectivity index (χ1) is 10.9. The summed E-state index contributed by atoms with van der Waals surface area (Å²) in [4.78, 5) is 27.0. The van der Waals surface area contributed by atoms with Crippen molar-refractivity contribution in [3.05, 3.63) is 35.4 Å². The summed E-state index contributed by atoms with van der Waals surface area (Å²) >= 11 is 0. The molecule has 1 aliphatic heterocycles. The van der Waals surface area contributed by atoms with Crippen molar-refractivity contribution >= 4 is 11.8 Å². The summed E-state index contributed by atoms with van der Waals surface area (Å²) in [7, 11) is 0. The highest BCUT2D eigenvalue weighted by Gasteiger charge is 2.38. The minimum absolute atomic E-state index is 0.0141. The van der Waals surface area contributed by atoms with Gasteiger partial charge in [0.2, 0.25) is 5.91 Å². The zero-order valence-corrected chi connectivity index (χ0v) is 14.2. The molecule has 0 bridgehead atoms. The molecule has 2 atom stereocenters. The van der Waals surface area contributed by atoms with Crippen molar-refractivity contribution in [3.63, 3.8) is 0 Å². The minimum atomic E-state index is -0.539. The molecule has 23 heavy (non-hydrogen) atoms. The van der Waals surface area contributed by atoms with Crippen molar-refractivity contribution in [1.82, 2.24) is 10.2 Å². The van der Waals surface area contributed by atoms with Crippen molar-refractivity contribution in [2.45, 2.75) is 46.3 Å². The number of hydrogen-bond acceptors (Lipinski definition) is 3. The summed E-state index contributed by atoms with van der Waals surface area (Å²) in [6.45, 7) is 8.11. The maximum absolute atomic E-state index is 12.7. The van der Waals surface area contributed by atoms with E-state index in [1.54, 1.807) is 11.0 Å². The normalized spacial score (nSPS) is 16.7. The van der Waals surface area contributed by atoms with Crippen LogP contribution in [-0.4, -0.2) is 40.5 Å². The van der Waals surface area contributed by atoms with Gasteiger partial charge in [-0.1, -0.05) is 45.9 Å². The standard InChI is InChI=1S/C18H26N2O3/c1-11(2)15(10-21)19-17(22)16(12(3)4)20-9-13-7-5-6-8-14(13)18(20)23/h5-8,11-12,15-16,21H,9-10H2,1-4H3,(H,19,22)/t15-,16-/m1/s1. The number of aliphatic hydroxyl groups is 1. The number of aliphatic hydroxyl groups excluding tert-OH is 1. The molecule has 1 aromatic carbocycles.